The number of thioether (sulfide) groups is 1. The van der Waals surface area contributed by atoms with Gasteiger partial charge in [0, 0.05) is 12.2 Å². The van der Waals surface area contributed by atoms with Crippen molar-refractivity contribution in [2.75, 3.05) is 11.5 Å². The lowest BCUT2D eigenvalue weighted by Gasteiger charge is -2.09. The van der Waals surface area contributed by atoms with Crippen molar-refractivity contribution in [2.24, 2.45) is 5.92 Å². The van der Waals surface area contributed by atoms with Crippen LogP contribution in [0.2, 0.25) is 0 Å². The third kappa shape index (κ3) is 6.95. The largest absolute Gasteiger partial charge is 0.481 e. The van der Waals surface area contributed by atoms with Gasteiger partial charge in [0.1, 0.15) is 5.78 Å². The Morgan fingerprint density at radius 1 is 1.43 bits per heavy atom. The van der Waals surface area contributed by atoms with Crippen molar-refractivity contribution in [3.05, 3.63) is 0 Å². The highest BCUT2D eigenvalue weighted by molar-refractivity contribution is 7.99. The van der Waals surface area contributed by atoms with Crippen molar-refractivity contribution in [3.8, 4) is 0 Å². The summed E-state index contributed by atoms with van der Waals surface area (Å²) < 4.78 is 0. The summed E-state index contributed by atoms with van der Waals surface area (Å²) in [5.74, 6) is 0.125. The second kappa shape index (κ2) is 7.85. The summed E-state index contributed by atoms with van der Waals surface area (Å²) in [6, 6.07) is 0. The molecule has 0 aromatic carbocycles. The minimum absolute atomic E-state index is 0.0477. The molecule has 0 aromatic rings. The Hall–Kier alpha value is -0.510. The van der Waals surface area contributed by atoms with E-state index >= 15 is 0 Å². The number of hydrogen-bond donors (Lipinski definition) is 1. The van der Waals surface area contributed by atoms with Gasteiger partial charge in [-0.3, -0.25) is 4.79 Å². The lowest BCUT2D eigenvalue weighted by atomic mass is 10.1. The number of carboxylic acid groups (broad SMARTS) is 1. The van der Waals surface area contributed by atoms with E-state index in [0.29, 0.717) is 5.75 Å². The monoisotopic (exact) mass is 218 g/mol. The Bertz CT molecular complexity index is 192. The Labute approximate surface area is 89.3 Å². The van der Waals surface area contributed by atoms with Crippen molar-refractivity contribution in [1.29, 1.82) is 0 Å². The van der Waals surface area contributed by atoms with Crippen molar-refractivity contribution in [3.63, 3.8) is 0 Å². The number of ketones is 1. The maximum atomic E-state index is 10.8. The van der Waals surface area contributed by atoms with E-state index in [1.807, 2.05) is 0 Å². The van der Waals surface area contributed by atoms with E-state index in [4.69, 9.17) is 5.11 Å². The molecule has 0 heterocycles. The van der Waals surface area contributed by atoms with Crippen LogP contribution in [-0.4, -0.2) is 28.4 Å². The zero-order chi connectivity index (χ0) is 11.0. The summed E-state index contributed by atoms with van der Waals surface area (Å²) >= 11 is 1.62. The van der Waals surface area contributed by atoms with Gasteiger partial charge < -0.3 is 9.90 Å². The molecule has 0 radical (unpaired) electrons. The lowest BCUT2D eigenvalue weighted by molar-refractivity contribution is -0.142. The second-order valence-electron chi connectivity index (χ2n) is 3.37. The van der Waals surface area contributed by atoms with Crippen molar-refractivity contribution in [1.82, 2.24) is 0 Å². The maximum absolute atomic E-state index is 10.8. The predicted octanol–water partition coefficient (Wildman–Crippen LogP) is 2.20. The highest BCUT2D eigenvalue weighted by atomic mass is 32.2. The Balaban J connectivity index is 3.74. The van der Waals surface area contributed by atoms with Gasteiger partial charge in [-0.1, -0.05) is 13.3 Å². The van der Waals surface area contributed by atoms with Crippen LogP contribution in [0.25, 0.3) is 0 Å². The zero-order valence-electron chi connectivity index (χ0n) is 8.78. The molecule has 0 saturated carbocycles. The standard InChI is InChI=1S/C10H18O3S/c1-3-4-5-14-7-9(10(12)13)6-8(2)11/h9H,3-7H2,1-2H3,(H,12,13). The molecule has 3 nitrogen and oxygen atoms in total. The summed E-state index contributed by atoms with van der Waals surface area (Å²) in [5, 5.41) is 8.81. The molecule has 0 fully saturated rings. The molecule has 0 aromatic heterocycles. The fraction of sp³-hybridized carbons (Fsp3) is 0.800. The van der Waals surface area contributed by atoms with Crippen LogP contribution in [0.3, 0.4) is 0 Å². The second-order valence-corrected chi connectivity index (χ2v) is 4.52. The topological polar surface area (TPSA) is 54.4 Å². The van der Waals surface area contributed by atoms with E-state index in [1.165, 1.54) is 6.92 Å². The number of Topliss-reactive ketones (excluding diaryl/α,β-unsaturated/α-hetero) is 1. The van der Waals surface area contributed by atoms with Crippen molar-refractivity contribution in [2.45, 2.75) is 33.1 Å². The molecule has 82 valence electrons. The normalized spacial score (nSPS) is 12.4. The summed E-state index contributed by atoms with van der Waals surface area (Å²) in [4.78, 5) is 21.5. The first-order chi connectivity index (χ1) is 6.57. The molecule has 0 bridgehead atoms. The summed E-state index contributed by atoms with van der Waals surface area (Å²) in [7, 11) is 0. The number of hydrogen-bond acceptors (Lipinski definition) is 3. The number of carbonyl (C=O) groups excluding carboxylic acids is 1. The van der Waals surface area contributed by atoms with E-state index < -0.39 is 11.9 Å². The minimum atomic E-state index is -0.857. The first-order valence-electron chi connectivity index (χ1n) is 4.88. The Kier molecular flexibility index (Phi) is 7.57. The van der Waals surface area contributed by atoms with Crippen LogP contribution in [0.5, 0.6) is 0 Å². The van der Waals surface area contributed by atoms with E-state index in [9.17, 15) is 9.59 Å². The van der Waals surface area contributed by atoms with Crippen LogP contribution in [0.15, 0.2) is 0 Å². The molecule has 0 spiro atoms. The van der Waals surface area contributed by atoms with Gasteiger partial charge in [-0.15, -0.1) is 0 Å². The highest BCUT2D eigenvalue weighted by Gasteiger charge is 2.18. The molecule has 0 aliphatic carbocycles. The Morgan fingerprint density at radius 2 is 2.07 bits per heavy atom. The average Bonchev–Trinajstić information content (AvgIpc) is 2.09. The number of rotatable bonds is 8. The number of carboxylic acids is 1. The molecule has 14 heavy (non-hydrogen) atoms. The molecule has 0 aliphatic rings. The van der Waals surface area contributed by atoms with E-state index in [1.54, 1.807) is 11.8 Å². The maximum Gasteiger partial charge on any atom is 0.307 e. The van der Waals surface area contributed by atoms with Gasteiger partial charge in [-0.2, -0.15) is 11.8 Å². The number of aliphatic carboxylic acids is 1. The number of unbranched alkanes of at least 4 members (excludes halogenated alkanes) is 1. The summed E-state index contributed by atoms with van der Waals surface area (Å²) in [6.45, 7) is 3.54. The van der Waals surface area contributed by atoms with Gasteiger partial charge in [0.15, 0.2) is 0 Å². The predicted molar refractivity (Wildman–Crippen MR) is 58.7 cm³/mol. The summed E-state index contributed by atoms with van der Waals surface area (Å²) in [5.41, 5.74) is 0. The molecule has 0 aliphatic heterocycles. The first-order valence-corrected chi connectivity index (χ1v) is 6.03. The zero-order valence-corrected chi connectivity index (χ0v) is 9.60. The smallest absolute Gasteiger partial charge is 0.307 e. The van der Waals surface area contributed by atoms with Gasteiger partial charge >= 0.3 is 5.97 Å². The Morgan fingerprint density at radius 3 is 2.50 bits per heavy atom. The molecule has 0 amide bonds. The van der Waals surface area contributed by atoms with Crippen LogP contribution in [0.1, 0.15) is 33.1 Å². The summed E-state index contributed by atoms with van der Waals surface area (Å²) in [6.07, 6.45) is 2.39. The van der Waals surface area contributed by atoms with Crippen molar-refractivity contribution >= 4 is 23.5 Å². The average molecular weight is 218 g/mol. The van der Waals surface area contributed by atoms with Gasteiger partial charge in [-0.05, 0) is 19.1 Å². The fourth-order valence-corrected chi connectivity index (χ4v) is 2.24. The quantitative estimate of drug-likeness (QED) is 0.635. The third-order valence-electron chi connectivity index (χ3n) is 1.84. The molecule has 1 N–H and O–H groups in total. The SMILES string of the molecule is CCCCSCC(CC(C)=O)C(=O)O. The molecule has 1 atom stereocenters. The van der Waals surface area contributed by atoms with E-state index in [0.717, 1.165) is 18.6 Å². The van der Waals surface area contributed by atoms with Crippen molar-refractivity contribution < 1.29 is 14.7 Å². The van der Waals surface area contributed by atoms with Crippen LogP contribution >= 0.6 is 11.8 Å². The molecule has 4 heteroatoms. The van der Waals surface area contributed by atoms with Gasteiger partial charge in [0.05, 0.1) is 5.92 Å². The van der Waals surface area contributed by atoms with Gasteiger partial charge in [0.2, 0.25) is 0 Å². The number of carbonyl (C=O) groups is 2. The highest BCUT2D eigenvalue weighted by Crippen LogP contribution is 2.14. The third-order valence-corrected chi connectivity index (χ3v) is 3.06. The minimum Gasteiger partial charge on any atom is -0.481 e. The molecule has 1 unspecified atom stereocenters. The molecular weight excluding hydrogens is 200 g/mol. The van der Waals surface area contributed by atoms with Gasteiger partial charge in [0.25, 0.3) is 0 Å². The molecule has 0 saturated heterocycles. The lowest BCUT2D eigenvalue weighted by Crippen LogP contribution is -2.19. The van der Waals surface area contributed by atoms with Crippen LogP contribution in [0, 0.1) is 5.92 Å². The fourth-order valence-electron chi connectivity index (χ4n) is 1.04. The van der Waals surface area contributed by atoms with Crippen LogP contribution in [0.4, 0.5) is 0 Å². The van der Waals surface area contributed by atoms with Crippen LogP contribution in [-0.2, 0) is 9.59 Å². The van der Waals surface area contributed by atoms with Gasteiger partial charge in [-0.25, -0.2) is 0 Å². The first kappa shape index (κ1) is 13.5. The molecular formula is C10H18O3S. The van der Waals surface area contributed by atoms with E-state index in [2.05, 4.69) is 6.92 Å². The van der Waals surface area contributed by atoms with Crippen LogP contribution < -0.4 is 0 Å². The molecule has 0 rings (SSSR count). The van der Waals surface area contributed by atoms with E-state index in [-0.39, 0.29) is 12.2 Å².